The molecule has 2 N–H and O–H groups in total. The van der Waals surface area contributed by atoms with Gasteiger partial charge in [0.05, 0.1) is 6.04 Å². The van der Waals surface area contributed by atoms with E-state index in [0.29, 0.717) is 0 Å². The maximum absolute atomic E-state index is 12.1. The highest BCUT2D eigenvalue weighted by molar-refractivity contribution is 6.30. The number of carbonyl (C=O) groups is 1. The van der Waals surface area contributed by atoms with Crippen molar-refractivity contribution in [2.75, 3.05) is 0 Å². The first-order valence-corrected chi connectivity index (χ1v) is 7.46. The fourth-order valence-corrected chi connectivity index (χ4v) is 1.95. The Labute approximate surface area is 127 Å². The van der Waals surface area contributed by atoms with Crippen molar-refractivity contribution >= 4 is 17.5 Å². The molecule has 0 bridgehead atoms. The summed E-state index contributed by atoms with van der Waals surface area (Å²) in [6.45, 7) is 10.0. The van der Waals surface area contributed by atoms with Gasteiger partial charge < -0.3 is 5.32 Å². The van der Waals surface area contributed by atoms with Crippen molar-refractivity contribution < 1.29 is 4.79 Å². The molecule has 112 valence electrons. The Bertz CT molecular complexity index is 442. The van der Waals surface area contributed by atoms with Crippen molar-refractivity contribution in [1.82, 2.24) is 10.6 Å². The molecule has 0 saturated carbocycles. The van der Waals surface area contributed by atoms with Gasteiger partial charge in [-0.25, -0.2) is 0 Å². The van der Waals surface area contributed by atoms with E-state index in [1.165, 1.54) is 0 Å². The Hall–Kier alpha value is -1.06. The fourth-order valence-electron chi connectivity index (χ4n) is 1.83. The molecule has 0 aromatic heterocycles. The van der Waals surface area contributed by atoms with Crippen LogP contribution in [0.1, 0.15) is 52.6 Å². The monoisotopic (exact) mass is 296 g/mol. The van der Waals surface area contributed by atoms with Crippen LogP contribution in [-0.4, -0.2) is 17.5 Å². The van der Waals surface area contributed by atoms with Gasteiger partial charge in [0.15, 0.2) is 0 Å². The van der Waals surface area contributed by atoms with Crippen LogP contribution >= 0.6 is 11.6 Å². The van der Waals surface area contributed by atoms with Crippen LogP contribution in [0.3, 0.4) is 0 Å². The first-order chi connectivity index (χ1) is 9.25. The predicted molar refractivity (Wildman–Crippen MR) is 85.0 cm³/mol. The Kier molecular flexibility index (Phi) is 6.03. The summed E-state index contributed by atoms with van der Waals surface area (Å²) in [5, 5.41) is 7.07. The number of benzene rings is 1. The second kappa shape index (κ2) is 7.09. The molecule has 1 aromatic carbocycles. The third-order valence-electron chi connectivity index (χ3n) is 3.61. The number of rotatable bonds is 6. The SMILES string of the molecule is CCC(C)(C)NC(=O)C(C)NC(C)c1ccc(Cl)cc1. The second-order valence-corrected chi connectivity index (χ2v) is 6.32. The van der Waals surface area contributed by atoms with Gasteiger partial charge >= 0.3 is 0 Å². The molecule has 0 fully saturated rings. The summed E-state index contributed by atoms with van der Waals surface area (Å²) < 4.78 is 0. The summed E-state index contributed by atoms with van der Waals surface area (Å²) in [6, 6.07) is 7.52. The topological polar surface area (TPSA) is 41.1 Å². The zero-order valence-electron chi connectivity index (χ0n) is 13.0. The van der Waals surface area contributed by atoms with Gasteiger partial charge in [0.1, 0.15) is 0 Å². The minimum Gasteiger partial charge on any atom is -0.350 e. The molecule has 4 heteroatoms. The second-order valence-electron chi connectivity index (χ2n) is 5.89. The number of amides is 1. The Morgan fingerprint density at radius 2 is 1.80 bits per heavy atom. The molecule has 1 aromatic rings. The van der Waals surface area contributed by atoms with E-state index >= 15 is 0 Å². The summed E-state index contributed by atoms with van der Waals surface area (Å²) in [6.07, 6.45) is 0.901. The van der Waals surface area contributed by atoms with Crippen molar-refractivity contribution in [2.45, 2.75) is 58.7 Å². The maximum atomic E-state index is 12.1. The Morgan fingerprint density at radius 3 is 2.30 bits per heavy atom. The van der Waals surface area contributed by atoms with Crippen molar-refractivity contribution in [3.05, 3.63) is 34.9 Å². The lowest BCUT2D eigenvalue weighted by molar-refractivity contribution is -0.124. The Balaban J connectivity index is 2.59. The standard InChI is InChI=1S/C16H25ClN2O/c1-6-16(4,5)19-15(20)12(3)18-11(2)13-7-9-14(17)10-8-13/h7-12,18H,6H2,1-5H3,(H,19,20). The number of hydrogen-bond donors (Lipinski definition) is 2. The van der Waals surface area contributed by atoms with Crippen LogP contribution in [0.15, 0.2) is 24.3 Å². The van der Waals surface area contributed by atoms with E-state index in [4.69, 9.17) is 11.6 Å². The molecule has 0 radical (unpaired) electrons. The van der Waals surface area contributed by atoms with Gasteiger partial charge in [-0.15, -0.1) is 0 Å². The lowest BCUT2D eigenvalue weighted by atomic mass is 10.0. The minimum absolute atomic E-state index is 0.0256. The summed E-state index contributed by atoms with van der Waals surface area (Å²) in [4.78, 5) is 12.1. The molecule has 0 saturated heterocycles. The van der Waals surface area contributed by atoms with Crippen LogP contribution < -0.4 is 10.6 Å². The largest absolute Gasteiger partial charge is 0.350 e. The molecule has 0 aliphatic rings. The molecule has 1 rings (SSSR count). The number of hydrogen-bond acceptors (Lipinski definition) is 2. The molecule has 2 atom stereocenters. The molecule has 3 nitrogen and oxygen atoms in total. The fraction of sp³-hybridized carbons (Fsp3) is 0.562. The lowest BCUT2D eigenvalue weighted by Gasteiger charge is -2.28. The normalized spacial score (nSPS) is 14.7. The first kappa shape index (κ1) is 17.0. The molecule has 2 unspecified atom stereocenters. The van der Waals surface area contributed by atoms with E-state index in [0.717, 1.165) is 17.0 Å². The van der Waals surface area contributed by atoms with Crippen LogP contribution in [-0.2, 0) is 4.79 Å². The first-order valence-electron chi connectivity index (χ1n) is 7.08. The summed E-state index contributed by atoms with van der Waals surface area (Å²) in [7, 11) is 0. The minimum atomic E-state index is -0.244. The molecule has 0 heterocycles. The number of halogens is 1. The van der Waals surface area contributed by atoms with E-state index in [-0.39, 0.29) is 23.5 Å². The van der Waals surface area contributed by atoms with Crippen molar-refractivity contribution in [1.29, 1.82) is 0 Å². The van der Waals surface area contributed by atoms with E-state index in [1.807, 2.05) is 52.0 Å². The summed E-state index contributed by atoms with van der Waals surface area (Å²) in [5.74, 6) is 0.0256. The molecule has 0 aliphatic carbocycles. The van der Waals surface area contributed by atoms with Gasteiger partial charge in [-0.3, -0.25) is 10.1 Å². The van der Waals surface area contributed by atoms with Gasteiger partial charge in [-0.05, 0) is 51.8 Å². The molecular formula is C16H25ClN2O. The Morgan fingerprint density at radius 1 is 1.25 bits per heavy atom. The van der Waals surface area contributed by atoms with Gasteiger partial charge in [-0.2, -0.15) is 0 Å². The highest BCUT2D eigenvalue weighted by atomic mass is 35.5. The third-order valence-corrected chi connectivity index (χ3v) is 3.86. The van der Waals surface area contributed by atoms with Gasteiger partial charge in [0, 0.05) is 16.6 Å². The number of nitrogens with one attached hydrogen (secondary N) is 2. The van der Waals surface area contributed by atoms with Gasteiger partial charge in [0.25, 0.3) is 0 Å². The van der Waals surface area contributed by atoms with Crippen LogP contribution in [0.2, 0.25) is 5.02 Å². The lowest BCUT2D eigenvalue weighted by Crippen LogP contribution is -2.51. The molecule has 20 heavy (non-hydrogen) atoms. The molecular weight excluding hydrogens is 272 g/mol. The van der Waals surface area contributed by atoms with Crippen LogP contribution in [0.4, 0.5) is 0 Å². The van der Waals surface area contributed by atoms with Crippen LogP contribution in [0.25, 0.3) is 0 Å². The zero-order valence-corrected chi connectivity index (χ0v) is 13.7. The highest BCUT2D eigenvalue weighted by Gasteiger charge is 2.22. The van der Waals surface area contributed by atoms with E-state index in [2.05, 4.69) is 17.6 Å². The van der Waals surface area contributed by atoms with Crippen LogP contribution in [0, 0.1) is 0 Å². The predicted octanol–water partition coefficient (Wildman–Crippen LogP) is 3.68. The van der Waals surface area contributed by atoms with E-state index < -0.39 is 0 Å². The average Bonchev–Trinajstić information content (AvgIpc) is 2.38. The summed E-state index contributed by atoms with van der Waals surface area (Å²) in [5.41, 5.74) is 0.945. The molecule has 0 spiro atoms. The third kappa shape index (κ3) is 5.14. The summed E-state index contributed by atoms with van der Waals surface area (Å²) >= 11 is 5.88. The van der Waals surface area contributed by atoms with Gasteiger partial charge in [0.2, 0.25) is 5.91 Å². The maximum Gasteiger partial charge on any atom is 0.237 e. The quantitative estimate of drug-likeness (QED) is 0.841. The molecule has 1 amide bonds. The smallest absolute Gasteiger partial charge is 0.237 e. The van der Waals surface area contributed by atoms with Crippen molar-refractivity contribution in [2.24, 2.45) is 0 Å². The average molecular weight is 297 g/mol. The van der Waals surface area contributed by atoms with E-state index in [1.54, 1.807) is 0 Å². The zero-order chi connectivity index (χ0) is 15.3. The van der Waals surface area contributed by atoms with Gasteiger partial charge in [-0.1, -0.05) is 30.7 Å². The van der Waals surface area contributed by atoms with E-state index in [9.17, 15) is 4.79 Å². The molecule has 0 aliphatic heterocycles. The van der Waals surface area contributed by atoms with Crippen molar-refractivity contribution in [3.63, 3.8) is 0 Å². The van der Waals surface area contributed by atoms with Crippen LogP contribution in [0.5, 0.6) is 0 Å². The highest BCUT2D eigenvalue weighted by Crippen LogP contribution is 2.16. The van der Waals surface area contributed by atoms with Crippen molar-refractivity contribution in [3.8, 4) is 0 Å². The number of carbonyl (C=O) groups excluding carboxylic acids is 1.